The molecular weight excluding hydrogens is 353 g/mol. The predicted molar refractivity (Wildman–Crippen MR) is 94.7 cm³/mol. The van der Waals surface area contributed by atoms with Gasteiger partial charge in [-0.1, -0.05) is 36.9 Å². The van der Waals surface area contributed by atoms with Crippen LogP contribution < -0.4 is 15.6 Å². The lowest BCUT2D eigenvalue weighted by atomic mass is 10.1. The Bertz CT molecular complexity index is 894. The maximum absolute atomic E-state index is 13.4. The number of para-hydroxylation sites is 1. The first-order chi connectivity index (χ1) is 13.0. The van der Waals surface area contributed by atoms with Gasteiger partial charge in [0, 0.05) is 16.8 Å². The number of halogens is 1. The Kier molecular flexibility index (Phi) is 5.16. The van der Waals surface area contributed by atoms with Gasteiger partial charge in [0.05, 0.1) is 0 Å². The van der Waals surface area contributed by atoms with Gasteiger partial charge < -0.3 is 4.74 Å². The van der Waals surface area contributed by atoms with Crippen LogP contribution in [-0.2, 0) is 9.59 Å². The number of nitrogens with one attached hydrogen (secondary N) is 2. The van der Waals surface area contributed by atoms with E-state index in [1.807, 2.05) is 0 Å². The maximum Gasteiger partial charge on any atom is 0.276 e. The molecule has 7 nitrogen and oxygen atoms in total. The molecule has 0 spiro atoms. The van der Waals surface area contributed by atoms with E-state index in [2.05, 4.69) is 17.4 Å². The monoisotopic (exact) mass is 369 g/mol. The number of fused-ring (bicyclic) bond motifs is 1. The van der Waals surface area contributed by atoms with Crippen molar-refractivity contribution < 1.29 is 23.5 Å². The molecule has 1 aliphatic rings. The minimum absolute atomic E-state index is 0.0734. The topological polar surface area (TPSA) is 87.7 Å². The highest BCUT2D eigenvalue weighted by Gasteiger charge is 2.31. The van der Waals surface area contributed by atoms with Crippen molar-refractivity contribution in [2.75, 3.05) is 13.2 Å². The fourth-order valence-corrected chi connectivity index (χ4v) is 2.57. The van der Waals surface area contributed by atoms with Crippen molar-refractivity contribution in [2.24, 2.45) is 0 Å². The third-order valence-electron chi connectivity index (χ3n) is 3.88. The minimum atomic E-state index is -0.679. The standard InChI is InChI=1S/C19H16FN3O4/c1-12-13-6-2-3-7-14(13)19(26)23(12)10-17(24)21-22-18(25)11-27-16-9-5-4-8-15(16)20/h2-9H,1,10-11H2,(H,21,24)(H,22,25). The smallest absolute Gasteiger partial charge is 0.276 e. The summed E-state index contributed by atoms with van der Waals surface area (Å²) in [5, 5.41) is 0. The number of hydrogen-bond donors (Lipinski definition) is 2. The molecule has 2 N–H and O–H groups in total. The molecule has 0 saturated heterocycles. The van der Waals surface area contributed by atoms with Gasteiger partial charge in [0.15, 0.2) is 18.2 Å². The SMILES string of the molecule is C=C1c2ccccc2C(=O)N1CC(=O)NNC(=O)COc1ccccc1F. The normalized spacial score (nSPS) is 12.6. The van der Waals surface area contributed by atoms with Gasteiger partial charge >= 0.3 is 0 Å². The van der Waals surface area contributed by atoms with Gasteiger partial charge in [-0.25, -0.2) is 4.39 Å². The molecule has 3 amide bonds. The van der Waals surface area contributed by atoms with E-state index in [0.717, 1.165) is 0 Å². The van der Waals surface area contributed by atoms with E-state index in [-0.39, 0.29) is 18.2 Å². The van der Waals surface area contributed by atoms with Crippen molar-refractivity contribution in [1.29, 1.82) is 0 Å². The van der Waals surface area contributed by atoms with Crippen LogP contribution >= 0.6 is 0 Å². The molecule has 1 heterocycles. The third kappa shape index (κ3) is 3.95. The highest BCUT2D eigenvalue weighted by atomic mass is 19.1. The Morgan fingerprint density at radius 1 is 1.00 bits per heavy atom. The molecule has 0 atom stereocenters. The second-order valence-electron chi connectivity index (χ2n) is 5.70. The lowest BCUT2D eigenvalue weighted by Crippen LogP contribution is -2.47. The Hall–Kier alpha value is -3.68. The largest absolute Gasteiger partial charge is 0.481 e. The first kappa shape index (κ1) is 18.1. The molecule has 1 aliphatic heterocycles. The van der Waals surface area contributed by atoms with Crippen LogP contribution in [0.2, 0.25) is 0 Å². The second kappa shape index (κ2) is 7.69. The van der Waals surface area contributed by atoms with Crippen LogP contribution in [-0.4, -0.2) is 35.8 Å². The van der Waals surface area contributed by atoms with Gasteiger partial charge in [-0.2, -0.15) is 0 Å². The number of carbonyl (C=O) groups is 3. The number of hydrogen-bond acceptors (Lipinski definition) is 4. The van der Waals surface area contributed by atoms with Crippen molar-refractivity contribution in [3.8, 4) is 5.75 Å². The molecule has 0 radical (unpaired) electrons. The van der Waals surface area contributed by atoms with Crippen LogP contribution in [0.1, 0.15) is 15.9 Å². The number of amides is 3. The molecule has 0 aliphatic carbocycles. The lowest BCUT2D eigenvalue weighted by molar-refractivity contribution is -0.130. The zero-order valence-electron chi connectivity index (χ0n) is 14.2. The van der Waals surface area contributed by atoms with Gasteiger partial charge in [0.1, 0.15) is 6.54 Å². The summed E-state index contributed by atoms with van der Waals surface area (Å²) in [6, 6.07) is 12.5. The number of nitrogens with zero attached hydrogens (tertiary/aromatic N) is 1. The summed E-state index contributed by atoms with van der Waals surface area (Å²) in [5.41, 5.74) is 5.88. The molecule has 138 valence electrons. The highest BCUT2D eigenvalue weighted by Crippen LogP contribution is 2.30. The quantitative estimate of drug-likeness (QED) is 0.782. The number of benzene rings is 2. The summed E-state index contributed by atoms with van der Waals surface area (Å²) in [5.74, 6) is -2.30. The number of ether oxygens (including phenoxy) is 1. The van der Waals surface area contributed by atoms with E-state index in [9.17, 15) is 18.8 Å². The van der Waals surface area contributed by atoms with Gasteiger partial charge in [0.2, 0.25) is 0 Å². The van der Waals surface area contributed by atoms with E-state index in [4.69, 9.17) is 4.74 Å². The zero-order valence-corrected chi connectivity index (χ0v) is 14.2. The van der Waals surface area contributed by atoms with E-state index in [1.165, 1.54) is 23.1 Å². The average Bonchev–Trinajstić information content (AvgIpc) is 2.91. The summed E-state index contributed by atoms with van der Waals surface area (Å²) >= 11 is 0. The van der Waals surface area contributed by atoms with E-state index in [1.54, 1.807) is 30.3 Å². The van der Waals surface area contributed by atoms with Crippen LogP contribution in [0, 0.1) is 5.82 Å². The summed E-state index contributed by atoms with van der Waals surface area (Å²) in [4.78, 5) is 37.3. The fraction of sp³-hybridized carbons (Fsp3) is 0.105. The van der Waals surface area contributed by atoms with Crippen LogP contribution in [0.4, 0.5) is 4.39 Å². The number of carbonyl (C=O) groups excluding carboxylic acids is 3. The molecule has 0 saturated carbocycles. The first-order valence-electron chi connectivity index (χ1n) is 8.02. The van der Waals surface area contributed by atoms with Crippen LogP contribution in [0.25, 0.3) is 5.70 Å². The predicted octanol–water partition coefficient (Wildman–Crippen LogP) is 1.48. The van der Waals surface area contributed by atoms with Crippen molar-refractivity contribution in [1.82, 2.24) is 15.8 Å². The van der Waals surface area contributed by atoms with Gasteiger partial charge in [-0.3, -0.25) is 30.1 Å². The summed E-state index contributed by atoms with van der Waals surface area (Å²) in [6.07, 6.45) is 0. The number of hydrazine groups is 1. The molecular formula is C19H16FN3O4. The molecule has 27 heavy (non-hydrogen) atoms. The maximum atomic E-state index is 13.4. The summed E-state index contributed by atoms with van der Waals surface area (Å²) in [6.45, 7) is 3.04. The van der Waals surface area contributed by atoms with E-state index < -0.39 is 24.2 Å². The van der Waals surface area contributed by atoms with E-state index in [0.29, 0.717) is 16.8 Å². The Morgan fingerprint density at radius 3 is 2.33 bits per heavy atom. The van der Waals surface area contributed by atoms with Crippen LogP contribution in [0.5, 0.6) is 5.75 Å². The first-order valence-corrected chi connectivity index (χ1v) is 8.02. The minimum Gasteiger partial charge on any atom is -0.481 e. The molecule has 0 bridgehead atoms. The Balaban J connectivity index is 1.48. The van der Waals surface area contributed by atoms with Crippen molar-refractivity contribution in [2.45, 2.75) is 0 Å². The van der Waals surface area contributed by atoms with Crippen LogP contribution in [0.3, 0.4) is 0 Å². The number of rotatable bonds is 5. The summed E-state index contributed by atoms with van der Waals surface area (Å²) < 4.78 is 18.4. The van der Waals surface area contributed by atoms with Gasteiger partial charge in [0.25, 0.3) is 17.7 Å². The average molecular weight is 369 g/mol. The van der Waals surface area contributed by atoms with Gasteiger partial charge in [-0.05, 0) is 18.2 Å². The molecule has 2 aromatic carbocycles. The van der Waals surface area contributed by atoms with Crippen molar-refractivity contribution in [3.05, 3.63) is 72.1 Å². The lowest BCUT2D eigenvalue weighted by Gasteiger charge is -2.17. The Morgan fingerprint density at radius 2 is 1.63 bits per heavy atom. The molecule has 0 unspecified atom stereocenters. The van der Waals surface area contributed by atoms with Crippen molar-refractivity contribution in [3.63, 3.8) is 0 Å². The third-order valence-corrected chi connectivity index (χ3v) is 3.88. The summed E-state index contributed by atoms with van der Waals surface area (Å²) in [7, 11) is 0. The molecule has 8 heteroatoms. The van der Waals surface area contributed by atoms with Gasteiger partial charge in [-0.15, -0.1) is 0 Å². The highest BCUT2D eigenvalue weighted by molar-refractivity contribution is 6.10. The zero-order chi connectivity index (χ0) is 19.4. The van der Waals surface area contributed by atoms with Crippen molar-refractivity contribution >= 4 is 23.4 Å². The van der Waals surface area contributed by atoms with Crippen LogP contribution in [0.15, 0.2) is 55.1 Å². The van der Waals surface area contributed by atoms with E-state index >= 15 is 0 Å². The molecule has 2 aromatic rings. The second-order valence-corrected chi connectivity index (χ2v) is 5.70. The Labute approximate surface area is 154 Å². The fourth-order valence-electron chi connectivity index (χ4n) is 2.57. The molecule has 0 aromatic heterocycles. The molecule has 0 fully saturated rings. The molecule has 3 rings (SSSR count).